The number of para-hydroxylation sites is 1. The van der Waals surface area contributed by atoms with E-state index in [2.05, 4.69) is 10.3 Å². The Balaban J connectivity index is 2.20. The van der Waals surface area contributed by atoms with Gasteiger partial charge in [0.1, 0.15) is 6.04 Å². The van der Waals surface area contributed by atoms with Crippen molar-refractivity contribution in [3.8, 4) is 0 Å². The molecule has 1 aromatic carbocycles. The lowest BCUT2D eigenvalue weighted by Crippen LogP contribution is -2.37. The van der Waals surface area contributed by atoms with Crippen molar-refractivity contribution >= 4 is 22.7 Å². The average molecular weight is 286 g/mol. The Kier molecular flexibility index (Phi) is 4.42. The van der Waals surface area contributed by atoms with E-state index in [0.29, 0.717) is 12.1 Å². The molecule has 0 saturated heterocycles. The van der Waals surface area contributed by atoms with E-state index in [-0.39, 0.29) is 5.78 Å². The molecule has 1 atom stereocenters. The summed E-state index contributed by atoms with van der Waals surface area (Å²) in [5.41, 5.74) is 2.46. The number of carboxylic acids is 1. The molecule has 0 amide bonds. The number of rotatable bonds is 6. The Morgan fingerprint density at radius 3 is 2.71 bits per heavy atom. The fourth-order valence-corrected chi connectivity index (χ4v) is 2.34. The molecule has 0 aliphatic heterocycles. The van der Waals surface area contributed by atoms with E-state index in [1.54, 1.807) is 6.92 Å². The zero-order valence-electron chi connectivity index (χ0n) is 12.0. The molecule has 3 N–H and O–H groups in total. The predicted octanol–water partition coefficient (Wildman–Crippen LogP) is 2.25. The van der Waals surface area contributed by atoms with Crippen LogP contribution in [-0.4, -0.2) is 27.9 Å². The number of fused-ring (bicyclic) bond motifs is 1. The van der Waals surface area contributed by atoms with E-state index < -0.39 is 12.0 Å². The Hall–Kier alpha value is -2.56. The number of allylic oxidation sites excluding steroid dienone is 2. The quantitative estimate of drug-likeness (QED) is 0.711. The zero-order valence-corrected chi connectivity index (χ0v) is 12.0. The second-order valence-electron chi connectivity index (χ2n) is 5.04. The zero-order chi connectivity index (χ0) is 15.4. The van der Waals surface area contributed by atoms with Crippen molar-refractivity contribution < 1.29 is 14.7 Å². The topological polar surface area (TPSA) is 82.2 Å². The Bertz CT molecular complexity index is 700. The summed E-state index contributed by atoms with van der Waals surface area (Å²) in [6.45, 7) is 3.12. The third-order valence-electron chi connectivity index (χ3n) is 3.22. The van der Waals surface area contributed by atoms with E-state index in [0.717, 1.165) is 16.5 Å². The lowest BCUT2D eigenvalue weighted by molar-refractivity contribution is -0.139. The van der Waals surface area contributed by atoms with Crippen LogP contribution in [0, 0.1) is 0 Å². The highest BCUT2D eigenvalue weighted by molar-refractivity contribution is 5.88. The van der Waals surface area contributed by atoms with Gasteiger partial charge in [-0.3, -0.25) is 4.79 Å². The SMILES string of the molecule is CC(=O)/C=C(/C)N[C@@H](Cc1c[nH]c2ccccc12)C(=O)O. The molecule has 1 aromatic heterocycles. The fraction of sp³-hybridized carbons (Fsp3) is 0.250. The van der Waals surface area contributed by atoms with Gasteiger partial charge in [0.05, 0.1) is 0 Å². The highest BCUT2D eigenvalue weighted by atomic mass is 16.4. The molecule has 0 saturated carbocycles. The third-order valence-corrected chi connectivity index (χ3v) is 3.22. The van der Waals surface area contributed by atoms with Crippen LogP contribution in [0.3, 0.4) is 0 Å². The standard InChI is InChI=1S/C16H18N2O3/c1-10(7-11(2)19)18-15(16(20)21)8-12-9-17-14-6-4-3-5-13(12)14/h3-7,9,15,17-18H,8H2,1-2H3,(H,20,21)/b10-7-/t15-/m0/s1. The molecule has 0 bridgehead atoms. The maximum atomic E-state index is 11.4. The molecule has 0 aliphatic carbocycles. The number of aromatic amines is 1. The van der Waals surface area contributed by atoms with Crippen LogP contribution < -0.4 is 5.32 Å². The van der Waals surface area contributed by atoms with Crippen LogP contribution in [0.1, 0.15) is 19.4 Å². The Morgan fingerprint density at radius 1 is 1.33 bits per heavy atom. The van der Waals surface area contributed by atoms with Crippen molar-refractivity contribution in [2.45, 2.75) is 26.3 Å². The molecule has 1 heterocycles. The molecule has 5 nitrogen and oxygen atoms in total. The van der Waals surface area contributed by atoms with E-state index in [9.17, 15) is 14.7 Å². The maximum Gasteiger partial charge on any atom is 0.326 e. The van der Waals surface area contributed by atoms with Crippen LogP contribution in [0.15, 0.2) is 42.2 Å². The molecule has 0 spiro atoms. The van der Waals surface area contributed by atoms with Crippen molar-refractivity contribution in [3.05, 3.63) is 47.8 Å². The van der Waals surface area contributed by atoms with Crippen LogP contribution in [0.5, 0.6) is 0 Å². The van der Waals surface area contributed by atoms with Gasteiger partial charge in [-0.25, -0.2) is 4.79 Å². The largest absolute Gasteiger partial charge is 0.480 e. The summed E-state index contributed by atoms with van der Waals surface area (Å²) in [4.78, 5) is 25.6. The van der Waals surface area contributed by atoms with E-state index in [1.807, 2.05) is 30.5 Å². The monoisotopic (exact) mass is 286 g/mol. The van der Waals surface area contributed by atoms with Gasteiger partial charge in [-0.1, -0.05) is 18.2 Å². The van der Waals surface area contributed by atoms with Crippen LogP contribution in [0.2, 0.25) is 0 Å². The van der Waals surface area contributed by atoms with Crippen molar-refractivity contribution in [1.29, 1.82) is 0 Å². The number of benzene rings is 1. The predicted molar refractivity (Wildman–Crippen MR) is 81.0 cm³/mol. The minimum absolute atomic E-state index is 0.115. The Morgan fingerprint density at radius 2 is 2.05 bits per heavy atom. The summed E-state index contributed by atoms with van der Waals surface area (Å²) in [6, 6.07) is 6.97. The molecular weight excluding hydrogens is 268 g/mol. The molecule has 0 aliphatic rings. The van der Waals surface area contributed by atoms with Crippen molar-refractivity contribution in [3.63, 3.8) is 0 Å². The van der Waals surface area contributed by atoms with Gasteiger partial charge in [-0.15, -0.1) is 0 Å². The van der Waals surface area contributed by atoms with Gasteiger partial charge >= 0.3 is 5.97 Å². The number of ketones is 1. The smallest absolute Gasteiger partial charge is 0.326 e. The number of H-pyrrole nitrogens is 1. The summed E-state index contributed by atoms with van der Waals surface area (Å²) >= 11 is 0. The number of carbonyl (C=O) groups is 2. The first-order valence-electron chi connectivity index (χ1n) is 6.70. The first-order valence-corrected chi connectivity index (χ1v) is 6.70. The van der Waals surface area contributed by atoms with Crippen LogP contribution in [-0.2, 0) is 16.0 Å². The number of aromatic nitrogens is 1. The number of hydrogen-bond donors (Lipinski definition) is 3. The number of aliphatic carboxylic acids is 1. The number of nitrogens with one attached hydrogen (secondary N) is 2. The molecule has 2 aromatic rings. The van der Waals surface area contributed by atoms with E-state index in [1.165, 1.54) is 13.0 Å². The number of carbonyl (C=O) groups excluding carboxylic acids is 1. The average Bonchev–Trinajstić information content (AvgIpc) is 2.80. The molecule has 2 rings (SSSR count). The van der Waals surface area contributed by atoms with Crippen molar-refractivity contribution in [2.24, 2.45) is 0 Å². The first kappa shape index (κ1) is 14.8. The van der Waals surface area contributed by atoms with Gasteiger partial charge in [0, 0.05) is 29.2 Å². The highest BCUT2D eigenvalue weighted by Crippen LogP contribution is 2.19. The fourth-order valence-electron chi connectivity index (χ4n) is 2.34. The van der Waals surface area contributed by atoms with Gasteiger partial charge in [0.15, 0.2) is 5.78 Å². The van der Waals surface area contributed by atoms with E-state index in [4.69, 9.17) is 0 Å². The summed E-state index contributed by atoms with van der Waals surface area (Å²) in [6.07, 6.45) is 3.56. The molecule has 0 radical (unpaired) electrons. The molecular formula is C16H18N2O3. The van der Waals surface area contributed by atoms with Gasteiger partial charge in [-0.05, 0) is 31.6 Å². The molecule has 110 valence electrons. The van der Waals surface area contributed by atoms with Crippen LogP contribution in [0.25, 0.3) is 10.9 Å². The van der Waals surface area contributed by atoms with Crippen molar-refractivity contribution in [2.75, 3.05) is 0 Å². The first-order chi connectivity index (χ1) is 9.97. The molecule has 0 fully saturated rings. The molecule has 0 unspecified atom stereocenters. The van der Waals surface area contributed by atoms with Gasteiger partial charge in [-0.2, -0.15) is 0 Å². The number of hydrogen-bond acceptors (Lipinski definition) is 3. The molecule has 5 heteroatoms. The minimum Gasteiger partial charge on any atom is -0.480 e. The van der Waals surface area contributed by atoms with Gasteiger partial charge in [0.2, 0.25) is 0 Å². The second-order valence-corrected chi connectivity index (χ2v) is 5.04. The molecule has 21 heavy (non-hydrogen) atoms. The third kappa shape index (κ3) is 3.72. The van der Waals surface area contributed by atoms with Crippen LogP contribution >= 0.6 is 0 Å². The summed E-state index contributed by atoms with van der Waals surface area (Å²) in [5, 5.41) is 13.2. The number of carboxylic acid groups (broad SMARTS) is 1. The Labute approximate surface area is 122 Å². The lowest BCUT2D eigenvalue weighted by atomic mass is 10.0. The summed E-state index contributed by atoms with van der Waals surface area (Å²) in [5.74, 6) is -1.06. The van der Waals surface area contributed by atoms with E-state index >= 15 is 0 Å². The normalized spacial score (nSPS) is 13.1. The second kappa shape index (κ2) is 6.26. The van der Waals surface area contributed by atoms with Crippen LogP contribution in [0.4, 0.5) is 0 Å². The maximum absolute atomic E-state index is 11.4. The minimum atomic E-state index is -0.948. The van der Waals surface area contributed by atoms with Crippen molar-refractivity contribution in [1.82, 2.24) is 10.3 Å². The lowest BCUT2D eigenvalue weighted by Gasteiger charge is -2.15. The highest BCUT2D eigenvalue weighted by Gasteiger charge is 2.19. The summed E-state index contributed by atoms with van der Waals surface area (Å²) in [7, 11) is 0. The van der Waals surface area contributed by atoms with Gasteiger partial charge in [0.25, 0.3) is 0 Å². The summed E-state index contributed by atoms with van der Waals surface area (Å²) < 4.78 is 0. The van der Waals surface area contributed by atoms with Gasteiger partial charge < -0.3 is 15.4 Å².